The molecule has 1 saturated heterocycles. The van der Waals surface area contributed by atoms with Crippen LogP contribution in [-0.4, -0.2) is 68.1 Å². The number of hydrogen-bond acceptors (Lipinski definition) is 12. The Morgan fingerprint density at radius 1 is 0.897 bits per heavy atom. The van der Waals surface area contributed by atoms with Gasteiger partial charge in [-0.1, -0.05) is 25.3 Å². The molecule has 1 aromatic carbocycles. The number of esters is 4. The van der Waals surface area contributed by atoms with Crippen molar-refractivity contribution in [1.82, 2.24) is 0 Å². The van der Waals surface area contributed by atoms with E-state index < -0.39 is 60.7 Å². The third kappa shape index (κ3) is 6.76. The first kappa shape index (κ1) is 29.7. The van der Waals surface area contributed by atoms with Crippen LogP contribution in [0.4, 0.5) is 0 Å². The van der Waals surface area contributed by atoms with Crippen LogP contribution >= 0.6 is 0 Å². The molecule has 1 aromatic rings. The first-order valence-electron chi connectivity index (χ1n) is 12.1. The predicted octanol–water partition coefficient (Wildman–Crippen LogP) is 2.26. The molecule has 1 spiro atoms. The van der Waals surface area contributed by atoms with E-state index in [2.05, 4.69) is 13.2 Å². The molecule has 39 heavy (non-hydrogen) atoms. The van der Waals surface area contributed by atoms with Gasteiger partial charge in [-0.2, -0.15) is 0 Å². The van der Waals surface area contributed by atoms with E-state index in [9.17, 15) is 19.2 Å². The third-order valence-electron chi connectivity index (χ3n) is 5.71. The highest BCUT2D eigenvalue weighted by Crippen LogP contribution is 2.52. The van der Waals surface area contributed by atoms with E-state index in [0.717, 1.165) is 20.8 Å². The minimum Gasteiger partial charge on any atom is -0.489 e. The monoisotopic (exact) mass is 548 g/mol. The maximum absolute atomic E-state index is 12.3. The van der Waals surface area contributed by atoms with E-state index in [4.69, 9.17) is 37.9 Å². The van der Waals surface area contributed by atoms with Crippen molar-refractivity contribution < 1.29 is 57.1 Å². The van der Waals surface area contributed by atoms with Crippen molar-refractivity contribution >= 4 is 23.9 Å². The molecule has 0 bridgehead atoms. The summed E-state index contributed by atoms with van der Waals surface area (Å²) in [5.41, 5.74) is 0.888. The van der Waals surface area contributed by atoms with Crippen molar-refractivity contribution in [1.29, 1.82) is 0 Å². The van der Waals surface area contributed by atoms with Gasteiger partial charge in [0.15, 0.2) is 12.2 Å². The maximum atomic E-state index is 12.3. The van der Waals surface area contributed by atoms with Crippen LogP contribution in [-0.2, 0) is 60.0 Å². The molecule has 2 heterocycles. The van der Waals surface area contributed by atoms with Crippen molar-refractivity contribution in [2.75, 3.05) is 19.8 Å². The van der Waals surface area contributed by atoms with Crippen LogP contribution in [0.2, 0.25) is 0 Å². The molecule has 12 heteroatoms. The summed E-state index contributed by atoms with van der Waals surface area (Å²) in [6, 6.07) is 3.29. The molecule has 4 unspecified atom stereocenters. The zero-order valence-corrected chi connectivity index (χ0v) is 22.3. The van der Waals surface area contributed by atoms with Gasteiger partial charge in [-0.3, -0.25) is 19.2 Å². The molecule has 212 valence electrons. The smallest absolute Gasteiger partial charge is 0.303 e. The fourth-order valence-corrected chi connectivity index (χ4v) is 4.50. The topological polar surface area (TPSA) is 142 Å². The lowest BCUT2D eigenvalue weighted by atomic mass is 9.86. The summed E-state index contributed by atoms with van der Waals surface area (Å²) in [6.45, 7) is 11.8. The second kappa shape index (κ2) is 12.8. The molecular weight excluding hydrogens is 516 g/mol. The number of hydrogen-bond donors (Lipinski definition) is 0. The van der Waals surface area contributed by atoms with Gasteiger partial charge in [0.05, 0.1) is 12.2 Å². The Morgan fingerprint density at radius 3 is 2.10 bits per heavy atom. The third-order valence-corrected chi connectivity index (χ3v) is 5.71. The van der Waals surface area contributed by atoms with Gasteiger partial charge in [-0.05, 0) is 11.6 Å². The first-order chi connectivity index (χ1) is 18.5. The first-order valence-corrected chi connectivity index (χ1v) is 12.1. The van der Waals surface area contributed by atoms with Crippen molar-refractivity contribution in [2.45, 2.75) is 64.5 Å². The molecule has 0 saturated carbocycles. The van der Waals surface area contributed by atoms with E-state index in [1.165, 1.54) is 13.0 Å². The molecule has 12 nitrogen and oxygen atoms in total. The molecule has 2 aliphatic heterocycles. The van der Waals surface area contributed by atoms with Crippen LogP contribution in [0.3, 0.4) is 0 Å². The normalized spacial score (nSPS) is 25.1. The molecule has 0 aliphatic carbocycles. The fraction of sp³-hybridized carbons (Fsp3) is 0.481. The lowest BCUT2D eigenvalue weighted by molar-refractivity contribution is -0.370. The fourth-order valence-electron chi connectivity index (χ4n) is 4.50. The summed E-state index contributed by atoms with van der Waals surface area (Å²) < 4.78 is 46.1. The summed E-state index contributed by atoms with van der Waals surface area (Å²) in [7, 11) is 0. The molecule has 1 fully saturated rings. The van der Waals surface area contributed by atoms with Crippen LogP contribution in [0.1, 0.15) is 38.8 Å². The van der Waals surface area contributed by atoms with E-state index in [1.54, 1.807) is 18.2 Å². The molecule has 0 N–H and O–H groups in total. The largest absolute Gasteiger partial charge is 0.489 e. The average molecular weight is 549 g/mol. The average Bonchev–Trinajstić information content (AvgIpc) is 3.22. The van der Waals surface area contributed by atoms with Crippen LogP contribution in [0, 0.1) is 0 Å². The minimum absolute atomic E-state index is 0.0475. The van der Waals surface area contributed by atoms with Crippen LogP contribution < -0.4 is 9.47 Å². The number of carbonyl (C=O) groups is 4. The Kier molecular flexibility index (Phi) is 9.71. The standard InChI is InChI=1S/C27H32O12/c1-7-9-32-20-11-19-13-35-27(23(19)21(12-20)33-10-8-2)26(38-18(6)31)25(37-17(5)30)24(36-16(4)29)22(39-27)14-34-15(3)28/h7-8,11-12,22,24-26H,1-2,9-10,13-14H2,3-6H3/t22-,24?,25?,26?,27?/m1/s1. The van der Waals surface area contributed by atoms with Crippen LogP contribution in [0.25, 0.3) is 0 Å². The number of carbonyl (C=O) groups excluding carboxylic acids is 4. The van der Waals surface area contributed by atoms with Crippen molar-refractivity contribution in [3.05, 3.63) is 48.6 Å². The summed E-state index contributed by atoms with van der Waals surface area (Å²) in [5, 5.41) is 0. The summed E-state index contributed by atoms with van der Waals surface area (Å²) >= 11 is 0. The van der Waals surface area contributed by atoms with Crippen molar-refractivity contribution in [2.24, 2.45) is 0 Å². The highest BCUT2D eigenvalue weighted by atomic mass is 16.8. The number of fused-ring (bicyclic) bond motifs is 2. The number of ether oxygens (including phenoxy) is 8. The Morgan fingerprint density at radius 2 is 1.51 bits per heavy atom. The van der Waals surface area contributed by atoms with Gasteiger partial charge in [-0.15, -0.1) is 0 Å². The molecule has 0 amide bonds. The summed E-state index contributed by atoms with van der Waals surface area (Å²) in [4.78, 5) is 48.3. The second-order valence-electron chi connectivity index (χ2n) is 8.75. The van der Waals surface area contributed by atoms with Gasteiger partial charge in [0.2, 0.25) is 11.9 Å². The summed E-state index contributed by atoms with van der Waals surface area (Å²) in [5.74, 6) is -4.11. The van der Waals surface area contributed by atoms with Crippen LogP contribution in [0.15, 0.2) is 37.4 Å². The molecule has 3 rings (SSSR count). The molecule has 2 aliphatic rings. The molecule has 0 aromatic heterocycles. The van der Waals surface area contributed by atoms with E-state index >= 15 is 0 Å². The Hall–Kier alpha value is -3.90. The van der Waals surface area contributed by atoms with E-state index in [0.29, 0.717) is 16.9 Å². The van der Waals surface area contributed by atoms with Gasteiger partial charge in [0.25, 0.3) is 0 Å². The van der Waals surface area contributed by atoms with Gasteiger partial charge in [0.1, 0.15) is 37.4 Å². The minimum atomic E-state index is -1.92. The van der Waals surface area contributed by atoms with Gasteiger partial charge in [0, 0.05) is 33.8 Å². The van der Waals surface area contributed by atoms with Gasteiger partial charge >= 0.3 is 23.9 Å². The lowest BCUT2D eigenvalue weighted by Crippen LogP contribution is -2.66. The summed E-state index contributed by atoms with van der Waals surface area (Å²) in [6.07, 6.45) is -2.32. The second-order valence-corrected chi connectivity index (χ2v) is 8.75. The van der Waals surface area contributed by atoms with Gasteiger partial charge in [-0.25, -0.2) is 0 Å². The van der Waals surface area contributed by atoms with E-state index in [-0.39, 0.29) is 25.6 Å². The lowest BCUT2D eigenvalue weighted by Gasteiger charge is -2.49. The molecule has 0 radical (unpaired) electrons. The highest BCUT2D eigenvalue weighted by molar-refractivity contribution is 5.69. The van der Waals surface area contributed by atoms with Crippen molar-refractivity contribution in [3.8, 4) is 11.5 Å². The Balaban J connectivity index is 2.25. The maximum Gasteiger partial charge on any atom is 0.303 e. The quantitative estimate of drug-likeness (QED) is 0.227. The SMILES string of the molecule is C=CCOc1cc2c(c(OCC=C)c1)C1(OC2)O[C@H](COC(C)=O)C(OC(C)=O)C(OC(C)=O)C1OC(C)=O. The number of benzene rings is 1. The van der Waals surface area contributed by atoms with Crippen molar-refractivity contribution in [3.63, 3.8) is 0 Å². The molecule has 5 atom stereocenters. The molecular formula is C27H32O12. The Bertz CT molecular complexity index is 1130. The predicted molar refractivity (Wildman–Crippen MR) is 132 cm³/mol. The van der Waals surface area contributed by atoms with Crippen LogP contribution in [0.5, 0.6) is 11.5 Å². The zero-order valence-electron chi connectivity index (χ0n) is 22.3. The highest BCUT2D eigenvalue weighted by Gasteiger charge is 2.65. The zero-order chi connectivity index (χ0) is 28.7. The number of rotatable bonds is 11. The Labute approximate surface area is 225 Å². The van der Waals surface area contributed by atoms with E-state index in [1.807, 2.05) is 0 Å². The van der Waals surface area contributed by atoms with Gasteiger partial charge < -0.3 is 37.9 Å².